The van der Waals surface area contributed by atoms with Gasteiger partial charge in [0.05, 0.1) is 11.1 Å². The first kappa shape index (κ1) is 18.4. The third-order valence-electron chi connectivity index (χ3n) is 4.12. The summed E-state index contributed by atoms with van der Waals surface area (Å²) in [6.45, 7) is 1.95. The van der Waals surface area contributed by atoms with Crippen LogP contribution < -0.4 is 4.72 Å². The number of hydrogen-bond acceptors (Lipinski definition) is 4. The van der Waals surface area contributed by atoms with Crippen molar-refractivity contribution in [1.29, 1.82) is 0 Å². The minimum Gasteiger partial charge on any atom is -0.245 e. The number of carbonyl (C=O) groups excluding carboxylic acids is 1. The van der Waals surface area contributed by atoms with Crippen molar-refractivity contribution in [1.82, 2.24) is 9.73 Å². The van der Waals surface area contributed by atoms with Crippen molar-refractivity contribution >= 4 is 33.4 Å². The number of sulfonamides is 1. The Kier molecular flexibility index (Phi) is 5.29. The van der Waals surface area contributed by atoms with Gasteiger partial charge in [-0.2, -0.15) is 5.10 Å². The number of carbonyl (C=O) groups is 1. The van der Waals surface area contributed by atoms with Crippen molar-refractivity contribution < 1.29 is 13.2 Å². The minimum absolute atomic E-state index is 0.0478. The summed E-state index contributed by atoms with van der Waals surface area (Å²) in [5, 5.41) is 5.55. The van der Waals surface area contributed by atoms with Crippen LogP contribution in [0.4, 0.5) is 4.79 Å². The number of hydrogen-bond donors (Lipinski definition) is 1. The van der Waals surface area contributed by atoms with Crippen LogP contribution in [0.15, 0.2) is 64.6 Å². The van der Waals surface area contributed by atoms with Crippen molar-refractivity contribution in [2.75, 3.05) is 0 Å². The average Bonchev–Trinajstić information content (AvgIpc) is 3.07. The van der Waals surface area contributed by atoms with Crippen molar-refractivity contribution in [3.8, 4) is 0 Å². The van der Waals surface area contributed by atoms with Crippen LogP contribution in [0.5, 0.6) is 0 Å². The van der Waals surface area contributed by atoms with E-state index < -0.39 is 16.1 Å². The van der Waals surface area contributed by atoms with E-state index in [9.17, 15) is 13.2 Å². The molecule has 1 heterocycles. The maximum atomic E-state index is 12.7. The van der Waals surface area contributed by atoms with E-state index in [0.717, 1.165) is 11.3 Å². The highest BCUT2D eigenvalue weighted by molar-refractivity contribution is 7.90. The van der Waals surface area contributed by atoms with Crippen LogP contribution in [0.1, 0.15) is 31.4 Å². The highest BCUT2D eigenvalue weighted by Crippen LogP contribution is 2.31. The zero-order valence-electron chi connectivity index (χ0n) is 14.1. The highest BCUT2D eigenvalue weighted by atomic mass is 35.5. The monoisotopic (exact) mass is 391 g/mol. The molecule has 1 aliphatic rings. The summed E-state index contributed by atoms with van der Waals surface area (Å²) in [4.78, 5) is 12.5. The molecule has 0 aliphatic carbocycles. The molecule has 1 unspecified atom stereocenters. The summed E-state index contributed by atoms with van der Waals surface area (Å²) in [6.07, 6.45) is 1.25. The van der Waals surface area contributed by atoms with Gasteiger partial charge in [0.2, 0.25) is 0 Å². The first-order chi connectivity index (χ1) is 12.4. The number of urea groups is 1. The number of nitrogens with one attached hydrogen (secondary N) is 1. The molecule has 0 saturated heterocycles. The summed E-state index contributed by atoms with van der Waals surface area (Å²) in [6, 6.07) is 14.2. The molecule has 3 rings (SSSR count). The quantitative estimate of drug-likeness (QED) is 0.856. The fraction of sp³-hybridized carbons (Fsp3) is 0.222. The van der Waals surface area contributed by atoms with Crippen LogP contribution in [0, 0.1) is 0 Å². The second kappa shape index (κ2) is 7.47. The van der Waals surface area contributed by atoms with Crippen LogP contribution >= 0.6 is 11.6 Å². The van der Waals surface area contributed by atoms with Gasteiger partial charge in [-0.15, -0.1) is 0 Å². The number of amides is 2. The minimum atomic E-state index is -4.10. The first-order valence-corrected chi connectivity index (χ1v) is 10.0. The van der Waals surface area contributed by atoms with Crippen molar-refractivity contribution in [2.45, 2.75) is 30.7 Å². The number of benzene rings is 2. The lowest BCUT2D eigenvalue weighted by Crippen LogP contribution is -2.40. The fourth-order valence-electron chi connectivity index (χ4n) is 2.79. The molecule has 0 aromatic heterocycles. The molecule has 2 aromatic rings. The summed E-state index contributed by atoms with van der Waals surface area (Å²) in [5.74, 6) is 0. The van der Waals surface area contributed by atoms with Gasteiger partial charge in [0.25, 0.3) is 10.0 Å². The van der Waals surface area contributed by atoms with E-state index in [1.807, 2.05) is 37.3 Å². The highest BCUT2D eigenvalue weighted by Gasteiger charge is 2.34. The predicted molar refractivity (Wildman–Crippen MR) is 101 cm³/mol. The van der Waals surface area contributed by atoms with E-state index in [1.165, 1.54) is 17.1 Å². The summed E-state index contributed by atoms with van der Waals surface area (Å²) >= 11 is 5.95. The van der Waals surface area contributed by atoms with E-state index >= 15 is 0 Å². The van der Waals surface area contributed by atoms with Crippen LogP contribution in [-0.2, 0) is 10.0 Å². The van der Waals surface area contributed by atoms with Crippen LogP contribution in [-0.4, -0.2) is 25.2 Å². The number of halogens is 1. The Morgan fingerprint density at radius 3 is 2.50 bits per heavy atom. The Bertz CT molecular complexity index is 945. The van der Waals surface area contributed by atoms with E-state index in [1.54, 1.807) is 12.1 Å². The largest absolute Gasteiger partial charge is 0.352 e. The molecule has 0 radical (unpaired) electrons. The smallest absolute Gasteiger partial charge is 0.245 e. The average molecular weight is 392 g/mol. The van der Waals surface area contributed by atoms with E-state index in [2.05, 4.69) is 9.82 Å². The lowest BCUT2D eigenvalue weighted by atomic mass is 10.0. The molecule has 1 atom stereocenters. The van der Waals surface area contributed by atoms with Gasteiger partial charge in [0.15, 0.2) is 0 Å². The van der Waals surface area contributed by atoms with Gasteiger partial charge in [-0.3, -0.25) is 0 Å². The lowest BCUT2D eigenvalue weighted by molar-refractivity contribution is 0.192. The molecule has 6 nitrogen and oxygen atoms in total. The van der Waals surface area contributed by atoms with Crippen molar-refractivity contribution in [2.24, 2.45) is 5.10 Å². The topological polar surface area (TPSA) is 78.8 Å². The fourth-order valence-corrected chi connectivity index (χ4v) is 4.24. The third-order valence-corrected chi connectivity index (χ3v) is 5.94. The number of rotatable bonds is 4. The maximum Gasteiger partial charge on any atom is 0.352 e. The van der Waals surface area contributed by atoms with Gasteiger partial charge in [0.1, 0.15) is 4.90 Å². The SMILES string of the molecule is CCC1=NN(C(=O)NS(=O)(=O)c2ccccc2Cl)C(c2ccccc2)C1. The third kappa shape index (κ3) is 3.73. The van der Waals surface area contributed by atoms with Gasteiger partial charge in [-0.25, -0.2) is 22.9 Å². The first-order valence-electron chi connectivity index (χ1n) is 8.14. The van der Waals surface area contributed by atoms with Gasteiger partial charge < -0.3 is 0 Å². The molecule has 26 heavy (non-hydrogen) atoms. The Labute approximate surface area is 157 Å². The van der Waals surface area contributed by atoms with Crippen LogP contribution in [0.25, 0.3) is 0 Å². The molecule has 0 fully saturated rings. The standard InChI is InChI=1S/C18H18ClN3O3S/c1-2-14-12-16(13-8-4-3-5-9-13)22(20-14)18(23)21-26(24,25)17-11-7-6-10-15(17)19/h3-11,16H,2,12H2,1H3,(H,21,23). The molecule has 0 bridgehead atoms. The Morgan fingerprint density at radius 1 is 1.19 bits per heavy atom. The molecule has 0 saturated carbocycles. The molecule has 8 heteroatoms. The molecule has 1 aliphatic heterocycles. The summed E-state index contributed by atoms with van der Waals surface area (Å²) < 4.78 is 27.1. The van der Waals surface area contributed by atoms with Crippen molar-refractivity contribution in [3.05, 3.63) is 65.2 Å². The Balaban J connectivity index is 1.87. The van der Waals surface area contributed by atoms with Gasteiger partial charge >= 0.3 is 6.03 Å². The lowest BCUT2D eigenvalue weighted by Gasteiger charge is -2.22. The number of hydrazone groups is 1. The molecule has 0 spiro atoms. The second-order valence-corrected chi connectivity index (χ2v) is 7.89. The van der Waals surface area contributed by atoms with E-state index in [4.69, 9.17) is 11.6 Å². The Morgan fingerprint density at radius 2 is 1.85 bits per heavy atom. The normalized spacial score (nSPS) is 17.1. The molecular formula is C18H18ClN3O3S. The molecular weight excluding hydrogens is 374 g/mol. The van der Waals surface area contributed by atoms with Gasteiger partial charge in [-0.05, 0) is 24.1 Å². The van der Waals surface area contributed by atoms with E-state index in [-0.39, 0.29) is 16.0 Å². The van der Waals surface area contributed by atoms with Gasteiger partial charge in [-0.1, -0.05) is 61.0 Å². The maximum absolute atomic E-state index is 12.7. The number of nitrogens with zero attached hydrogens (tertiary/aromatic N) is 2. The van der Waals surface area contributed by atoms with Crippen molar-refractivity contribution in [3.63, 3.8) is 0 Å². The summed E-state index contributed by atoms with van der Waals surface area (Å²) in [7, 11) is -4.10. The predicted octanol–water partition coefficient (Wildman–Crippen LogP) is 3.95. The zero-order valence-corrected chi connectivity index (χ0v) is 15.7. The Hall–Kier alpha value is -2.38. The zero-order chi connectivity index (χ0) is 18.7. The van der Waals surface area contributed by atoms with Crippen LogP contribution in [0.2, 0.25) is 5.02 Å². The molecule has 1 N–H and O–H groups in total. The molecule has 2 amide bonds. The molecule has 136 valence electrons. The van der Waals surface area contributed by atoms with Crippen LogP contribution in [0.3, 0.4) is 0 Å². The second-order valence-electron chi connectivity index (χ2n) is 5.84. The molecule has 2 aromatic carbocycles. The summed E-state index contributed by atoms with van der Waals surface area (Å²) in [5.41, 5.74) is 1.73. The van der Waals surface area contributed by atoms with Gasteiger partial charge in [0, 0.05) is 12.1 Å². The van der Waals surface area contributed by atoms with E-state index in [0.29, 0.717) is 12.8 Å².